The van der Waals surface area contributed by atoms with Crippen molar-refractivity contribution in [1.82, 2.24) is 5.32 Å². The van der Waals surface area contributed by atoms with E-state index in [9.17, 15) is 4.79 Å². The number of carbonyl (C=O) groups is 1. The molecule has 1 fully saturated rings. The molecule has 0 heterocycles. The van der Waals surface area contributed by atoms with E-state index in [0.717, 1.165) is 12.8 Å². The van der Waals surface area contributed by atoms with Gasteiger partial charge >= 0.3 is 0 Å². The minimum absolute atomic E-state index is 0.299. The lowest BCUT2D eigenvalue weighted by atomic mass is 9.75. The number of hydrogen-bond donors (Lipinski definition) is 2. The zero-order chi connectivity index (χ0) is 13.3. The number of amides is 1. The van der Waals surface area contributed by atoms with E-state index in [1.807, 2.05) is 19.9 Å². The number of hydrogen-bond acceptors (Lipinski definition) is 2. The maximum absolute atomic E-state index is 11.3. The van der Waals surface area contributed by atoms with Crippen LogP contribution in [-0.4, -0.2) is 17.5 Å². The van der Waals surface area contributed by atoms with Crippen LogP contribution < -0.4 is 11.1 Å². The van der Waals surface area contributed by atoms with Gasteiger partial charge in [0.05, 0.1) is 5.54 Å². The molecule has 0 aliphatic heterocycles. The molecule has 0 unspecified atom stereocenters. The molecule has 4 heteroatoms. The monoisotopic (exact) mass is 310 g/mol. The normalized spacial score (nSPS) is 23.5. The summed E-state index contributed by atoms with van der Waals surface area (Å²) < 4.78 is 1.17. The lowest BCUT2D eigenvalue weighted by molar-refractivity contribution is -0.123. The van der Waals surface area contributed by atoms with Crippen molar-refractivity contribution in [2.75, 3.05) is 0 Å². The topological polar surface area (TPSA) is 55.1 Å². The lowest BCUT2D eigenvalue weighted by Crippen LogP contribution is -2.57. The molecule has 0 saturated heterocycles. The number of carbonyl (C=O) groups excluding carboxylic acids is 1. The summed E-state index contributed by atoms with van der Waals surface area (Å²) in [5, 5.41) is 3.32. The van der Waals surface area contributed by atoms with Crippen LogP contribution in [0.25, 0.3) is 0 Å². The molecule has 1 aliphatic rings. The van der Waals surface area contributed by atoms with Crippen molar-refractivity contribution in [3.8, 4) is 0 Å². The first-order valence-electron chi connectivity index (χ1n) is 6.22. The van der Waals surface area contributed by atoms with Crippen LogP contribution in [0.3, 0.4) is 0 Å². The van der Waals surface area contributed by atoms with Crippen LogP contribution in [-0.2, 0) is 4.79 Å². The maximum Gasteiger partial charge on any atom is 0.237 e. The van der Waals surface area contributed by atoms with Crippen molar-refractivity contribution >= 4 is 21.8 Å². The van der Waals surface area contributed by atoms with Crippen LogP contribution in [0.4, 0.5) is 0 Å². The average molecular weight is 311 g/mol. The van der Waals surface area contributed by atoms with E-state index >= 15 is 0 Å². The summed E-state index contributed by atoms with van der Waals surface area (Å²) in [6, 6.07) is 8.70. The summed E-state index contributed by atoms with van der Waals surface area (Å²) in [6.45, 7) is 3.67. The number of nitrogens with one attached hydrogen (secondary N) is 1. The van der Waals surface area contributed by atoms with Crippen LogP contribution in [0, 0.1) is 0 Å². The lowest BCUT2D eigenvalue weighted by Gasteiger charge is -2.40. The summed E-state index contributed by atoms with van der Waals surface area (Å²) in [5.41, 5.74) is 6.09. The van der Waals surface area contributed by atoms with E-state index < -0.39 is 5.54 Å². The second kappa shape index (κ2) is 5.02. The van der Waals surface area contributed by atoms with Crippen molar-refractivity contribution in [2.24, 2.45) is 5.73 Å². The molecule has 0 aromatic heterocycles. The second-order valence-electron chi connectivity index (χ2n) is 5.52. The zero-order valence-electron chi connectivity index (χ0n) is 10.7. The van der Waals surface area contributed by atoms with Gasteiger partial charge in [0.2, 0.25) is 5.91 Å². The fourth-order valence-corrected chi connectivity index (χ4v) is 2.99. The molecule has 3 nitrogen and oxygen atoms in total. The van der Waals surface area contributed by atoms with Gasteiger partial charge in [-0.25, -0.2) is 0 Å². The van der Waals surface area contributed by atoms with Gasteiger partial charge in [-0.1, -0.05) is 34.1 Å². The highest BCUT2D eigenvalue weighted by Gasteiger charge is 2.36. The van der Waals surface area contributed by atoms with Crippen LogP contribution in [0.15, 0.2) is 28.7 Å². The minimum Gasteiger partial charge on any atom is -0.368 e. The summed E-state index contributed by atoms with van der Waals surface area (Å²) in [5.74, 6) is 0.272. The summed E-state index contributed by atoms with van der Waals surface area (Å²) in [4.78, 5) is 11.3. The molecule has 1 aromatic carbocycles. The summed E-state index contributed by atoms with van der Waals surface area (Å²) in [7, 11) is 0. The van der Waals surface area contributed by atoms with Crippen LogP contribution in [0.1, 0.15) is 38.2 Å². The van der Waals surface area contributed by atoms with Gasteiger partial charge in [0, 0.05) is 10.5 Å². The van der Waals surface area contributed by atoms with Gasteiger partial charge < -0.3 is 11.1 Å². The molecular weight excluding hydrogens is 292 g/mol. The largest absolute Gasteiger partial charge is 0.368 e. The molecule has 18 heavy (non-hydrogen) atoms. The maximum atomic E-state index is 11.3. The molecule has 3 N–H and O–H groups in total. The van der Waals surface area contributed by atoms with Crippen molar-refractivity contribution in [2.45, 2.75) is 44.2 Å². The van der Waals surface area contributed by atoms with Crippen LogP contribution in [0.5, 0.6) is 0 Å². The molecule has 0 spiro atoms. The molecular formula is C14H19BrN2O. The predicted molar refractivity (Wildman–Crippen MR) is 76.3 cm³/mol. The van der Waals surface area contributed by atoms with Gasteiger partial charge in [-0.05, 0) is 44.2 Å². The molecule has 1 aliphatic carbocycles. The van der Waals surface area contributed by atoms with E-state index in [1.54, 1.807) is 0 Å². The number of nitrogens with two attached hydrogens (primary N) is 1. The highest BCUT2D eigenvalue weighted by Crippen LogP contribution is 2.40. The first kappa shape index (κ1) is 13.6. The molecule has 0 bridgehead atoms. The Kier molecular flexibility index (Phi) is 3.78. The van der Waals surface area contributed by atoms with Crippen LogP contribution in [0.2, 0.25) is 0 Å². The van der Waals surface area contributed by atoms with Gasteiger partial charge in [-0.2, -0.15) is 0 Å². The van der Waals surface area contributed by atoms with Crippen molar-refractivity contribution in [3.05, 3.63) is 34.3 Å². The Morgan fingerprint density at radius 1 is 1.39 bits per heavy atom. The third kappa shape index (κ3) is 2.75. The summed E-state index contributed by atoms with van der Waals surface area (Å²) >= 11 is 3.58. The zero-order valence-corrected chi connectivity index (χ0v) is 12.3. The van der Waals surface area contributed by atoms with Gasteiger partial charge in [-0.3, -0.25) is 4.79 Å². The predicted octanol–water partition coefficient (Wildman–Crippen LogP) is 2.55. The second-order valence-corrected chi connectivity index (χ2v) is 6.37. The van der Waals surface area contributed by atoms with Gasteiger partial charge in [0.25, 0.3) is 0 Å². The molecule has 0 atom stereocenters. The average Bonchev–Trinajstić information content (AvgIpc) is 2.24. The number of rotatable bonds is 4. The number of benzene rings is 1. The van der Waals surface area contributed by atoms with E-state index in [2.05, 4.69) is 39.4 Å². The first-order valence-corrected chi connectivity index (χ1v) is 7.01. The third-order valence-corrected chi connectivity index (χ3v) is 4.39. The highest BCUT2D eigenvalue weighted by molar-refractivity contribution is 9.10. The number of primary amides is 1. The Morgan fingerprint density at radius 3 is 2.56 bits per heavy atom. The fraction of sp³-hybridized carbons (Fsp3) is 0.500. The van der Waals surface area contributed by atoms with Gasteiger partial charge in [-0.15, -0.1) is 0 Å². The smallest absolute Gasteiger partial charge is 0.237 e. The fourth-order valence-electron chi connectivity index (χ4n) is 2.38. The van der Waals surface area contributed by atoms with E-state index in [-0.39, 0.29) is 5.91 Å². The molecule has 0 radical (unpaired) electrons. The molecule has 1 amide bonds. The van der Waals surface area contributed by atoms with Gasteiger partial charge in [0.15, 0.2) is 0 Å². The Balaban J connectivity index is 1.92. The Labute approximate surface area is 116 Å². The molecule has 98 valence electrons. The van der Waals surface area contributed by atoms with E-state index in [1.165, 1.54) is 10.0 Å². The number of halogens is 1. The van der Waals surface area contributed by atoms with E-state index in [4.69, 9.17) is 5.73 Å². The van der Waals surface area contributed by atoms with Crippen molar-refractivity contribution < 1.29 is 4.79 Å². The third-order valence-electron chi connectivity index (χ3n) is 3.66. The first-order chi connectivity index (χ1) is 8.40. The Hall–Kier alpha value is -0.870. The highest BCUT2D eigenvalue weighted by atomic mass is 79.9. The van der Waals surface area contributed by atoms with Crippen LogP contribution >= 0.6 is 15.9 Å². The van der Waals surface area contributed by atoms with Gasteiger partial charge in [0.1, 0.15) is 0 Å². The molecule has 1 saturated carbocycles. The molecule has 1 aromatic rings. The SMILES string of the molecule is CC(C)(NC1CC(c2ccccc2Br)C1)C(N)=O. The summed E-state index contributed by atoms with van der Waals surface area (Å²) in [6.07, 6.45) is 2.11. The quantitative estimate of drug-likeness (QED) is 0.898. The Bertz CT molecular complexity index is 453. The van der Waals surface area contributed by atoms with Crippen molar-refractivity contribution in [3.63, 3.8) is 0 Å². The Morgan fingerprint density at radius 2 is 2.00 bits per heavy atom. The van der Waals surface area contributed by atoms with Crippen molar-refractivity contribution in [1.29, 1.82) is 0 Å². The molecule has 2 rings (SSSR count). The van der Waals surface area contributed by atoms with E-state index in [0.29, 0.717) is 12.0 Å². The standard InChI is InChI=1S/C14H19BrN2O/c1-14(2,13(16)18)17-10-7-9(8-10)11-5-3-4-6-12(11)15/h3-6,9-10,17H,7-8H2,1-2H3,(H2,16,18). The minimum atomic E-state index is -0.621.